The molecule has 1 aromatic heterocycles. The largest absolute Gasteiger partial charge is 0.326 e. The van der Waals surface area contributed by atoms with Crippen LogP contribution < -0.4 is 5.73 Å². The fourth-order valence-corrected chi connectivity index (χ4v) is 2.53. The van der Waals surface area contributed by atoms with Gasteiger partial charge in [0, 0.05) is 22.1 Å². The summed E-state index contributed by atoms with van der Waals surface area (Å²) in [6.07, 6.45) is 3.28. The monoisotopic (exact) mass is 295 g/mol. The third kappa shape index (κ3) is 2.81. The van der Waals surface area contributed by atoms with Gasteiger partial charge in [-0.25, -0.2) is 9.97 Å². The Labute approximate surface area is 107 Å². The summed E-state index contributed by atoms with van der Waals surface area (Å²) in [5, 5.41) is 0.923. The van der Waals surface area contributed by atoms with E-state index >= 15 is 0 Å². The van der Waals surface area contributed by atoms with E-state index in [1.807, 2.05) is 24.3 Å². The zero-order valence-electron chi connectivity index (χ0n) is 8.43. The molecule has 82 valence electrons. The highest BCUT2D eigenvalue weighted by Crippen LogP contribution is 2.30. The maximum Gasteiger partial charge on any atom is 0.116 e. The van der Waals surface area contributed by atoms with E-state index in [0.29, 0.717) is 6.54 Å². The molecular weight excluding hydrogens is 286 g/mol. The molecule has 2 aromatic rings. The third-order valence-electron chi connectivity index (χ3n) is 2.01. The number of halogens is 1. The van der Waals surface area contributed by atoms with Crippen molar-refractivity contribution in [3.63, 3.8) is 0 Å². The fourth-order valence-electron chi connectivity index (χ4n) is 1.26. The molecule has 0 atom stereocenters. The van der Waals surface area contributed by atoms with Crippen LogP contribution in [0.5, 0.6) is 0 Å². The first kappa shape index (κ1) is 11.6. The fraction of sp³-hybridized carbons (Fsp3) is 0.0909. The number of hydrogen-bond acceptors (Lipinski definition) is 4. The van der Waals surface area contributed by atoms with Crippen LogP contribution in [0.25, 0.3) is 0 Å². The topological polar surface area (TPSA) is 51.8 Å². The van der Waals surface area contributed by atoms with Crippen molar-refractivity contribution < 1.29 is 0 Å². The second kappa shape index (κ2) is 5.43. The molecule has 0 aliphatic carbocycles. The third-order valence-corrected chi connectivity index (χ3v) is 3.57. The van der Waals surface area contributed by atoms with Crippen molar-refractivity contribution in [3.8, 4) is 0 Å². The molecular formula is C11H10BrN3S. The summed E-state index contributed by atoms with van der Waals surface area (Å²) >= 11 is 5.03. The molecule has 5 heteroatoms. The molecule has 0 radical (unpaired) electrons. The van der Waals surface area contributed by atoms with E-state index in [9.17, 15) is 0 Å². The minimum absolute atomic E-state index is 0.521. The van der Waals surface area contributed by atoms with E-state index in [1.54, 1.807) is 24.3 Å². The second-order valence-electron chi connectivity index (χ2n) is 3.11. The van der Waals surface area contributed by atoms with Gasteiger partial charge in [-0.3, -0.25) is 0 Å². The molecule has 2 N–H and O–H groups in total. The van der Waals surface area contributed by atoms with Crippen LogP contribution >= 0.6 is 27.7 Å². The van der Waals surface area contributed by atoms with Crippen molar-refractivity contribution in [1.82, 2.24) is 9.97 Å². The minimum Gasteiger partial charge on any atom is -0.326 e. The zero-order valence-corrected chi connectivity index (χ0v) is 10.8. The van der Waals surface area contributed by atoms with Crippen LogP contribution in [0.3, 0.4) is 0 Å². The smallest absolute Gasteiger partial charge is 0.116 e. The number of nitrogens with two attached hydrogens (primary N) is 1. The second-order valence-corrected chi connectivity index (χ2v) is 5.08. The molecule has 0 aliphatic heterocycles. The van der Waals surface area contributed by atoms with E-state index in [2.05, 4.69) is 25.9 Å². The van der Waals surface area contributed by atoms with Gasteiger partial charge in [-0.15, -0.1) is 0 Å². The van der Waals surface area contributed by atoms with Gasteiger partial charge in [-0.2, -0.15) is 0 Å². The molecule has 16 heavy (non-hydrogen) atoms. The summed E-state index contributed by atoms with van der Waals surface area (Å²) in [5.41, 5.74) is 6.82. The highest BCUT2D eigenvalue weighted by molar-refractivity contribution is 9.10. The molecule has 0 fully saturated rings. The van der Waals surface area contributed by atoms with Gasteiger partial charge >= 0.3 is 0 Å². The average Bonchev–Trinajstić information content (AvgIpc) is 2.33. The summed E-state index contributed by atoms with van der Waals surface area (Å²) in [6, 6.07) is 7.96. The predicted octanol–water partition coefficient (Wildman–Crippen LogP) is 2.85. The predicted molar refractivity (Wildman–Crippen MR) is 68.2 cm³/mol. The molecule has 0 aliphatic rings. The van der Waals surface area contributed by atoms with E-state index in [-0.39, 0.29) is 0 Å². The molecule has 3 nitrogen and oxygen atoms in total. The van der Waals surface area contributed by atoms with Gasteiger partial charge in [0.25, 0.3) is 0 Å². The highest BCUT2D eigenvalue weighted by atomic mass is 79.9. The summed E-state index contributed by atoms with van der Waals surface area (Å²) < 4.78 is 1.04. The normalized spacial score (nSPS) is 10.4. The van der Waals surface area contributed by atoms with Gasteiger partial charge in [0.1, 0.15) is 11.4 Å². The van der Waals surface area contributed by atoms with Crippen molar-refractivity contribution in [2.75, 3.05) is 0 Å². The molecule has 0 bridgehead atoms. The minimum atomic E-state index is 0.521. The maximum absolute atomic E-state index is 5.71. The van der Waals surface area contributed by atoms with Crippen LogP contribution in [-0.4, -0.2) is 9.97 Å². The lowest BCUT2D eigenvalue weighted by atomic mass is 10.2. The number of rotatable bonds is 3. The molecule has 0 saturated carbocycles. The van der Waals surface area contributed by atoms with Crippen LogP contribution in [0.15, 0.2) is 51.2 Å². The van der Waals surface area contributed by atoms with Crippen molar-refractivity contribution in [2.24, 2.45) is 5.73 Å². The Morgan fingerprint density at radius 3 is 2.88 bits per heavy atom. The summed E-state index contributed by atoms with van der Waals surface area (Å²) in [7, 11) is 0. The van der Waals surface area contributed by atoms with E-state index in [1.165, 1.54) is 0 Å². The van der Waals surface area contributed by atoms with Gasteiger partial charge in [0.2, 0.25) is 0 Å². The lowest BCUT2D eigenvalue weighted by Gasteiger charge is -2.06. The van der Waals surface area contributed by atoms with Gasteiger partial charge < -0.3 is 5.73 Å². The Kier molecular flexibility index (Phi) is 3.93. The highest BCUT2D eigenvalue weighted by Gasteiger charge is 2.04. The van der Waals surface area contributed by atoms with Gasteiger partial charge in [0.05, 0.1) is 0 Å². The van der Waals surface area contributed by atoms with E-state index in [4.69, 9.17) is 5.73 Å². The molecule has 1 aromatic carbocycles. The van der Waals surface area contributed by atoms with Crippen LogP contribution in [0.1, 0.15) is 5.56 Å². The molecule has 1 heterocycles. The van der Waals surface area contributed by atoms with Gasteiger partial charge in [-0.05, 0) is 29.8 Å². The van der Waals surface area contributed by atoms with Crippen LogP contribution in [0.4, 0.5) is 0 Å². The summed E-state index contributed by atoms with van der Waals surface area (Å²) in [4.78, 5) is 9.19. The molecule has 0 amide bonds. The molecule has 0 saturated heterocycles. The molecule has 2 rings (SSSR count). The lowest BCUT2D eigenvalue weighted by molar-refractivity contribution is 1.01. The average molecular weight is 296 g/mol. The standard InChI is InChI=1S/C11H10BrN3S/c12-9-1-2-10(8(5-9)6-13)16-11-3-4-14-7-15-11/h1-5,7H,6,13H2. The quantitative estimate of drug-likeness (QED) is 0.885. The van der Waals surface area contributed by atoms with E-state index < -0.39 is 0 Å². The van der Waals surface area contributed by atoms with Crippen molar-refractivity contribution in [2.45, 2.75) is 16.5 Å². The number of nitrogens with zero attached hydrogens (tertiary/aromatic N) is 2. The van der Waals surface area contributed by atoms with Crippen molar-refractivity contribution in [1.29, 1.82) is 0 Å². The number of benzene rings is 1. The number of hydrogen-bond donors (Lipinski definition) is 1. The first-order chi connectivity index (χ1) is 7.79. The van der Waals surface area contributed by atoms with Crippen LogP contribution in [0, 0.1) is 0 Å². The Morgan fingerprint density at radius 1 is 1.31 bits per heavy atom. The Hall–Kier alpha value is -0.910. The molecule has 0 spiro atoms. The summed E-state index contributed by atoms with van der Waals surface area (Å²) in [6.45, 7) is 0.521. The number of aromatic nitrogens is 2. The maximum atomic E-state index is 5.71. The van der Waals surface area contributed by atoms with Crippen LogP contribution in [-0.2, 0) is 6.54 Å². The first-order valence-corrected chi connectivity index (χ1v) is 6.33. The SMILES string of the molecule is NCc1cc(Br)ccc1Sc1ccncn1. The zero-order chi connectivity index (χ0) is 11.4. The van der Waals surface area contributed by atoms with Gasteiger partial charge in [0.15, 0.2) is 0 Å². The van der Waals surface area contributed by atoms with Crippen LogP contribution in [0.2, 0.25) is 0 Å². The Bertz CT molecular complexity index is 476. The van der Waals surface area contributed by atoms with Crippen molar-refractivity contribution >= 4 is 27.7 Å². The van der Waals surface area contributed by atoms with E-state index in [0.717, 1.165) is 20.0 Å². The van der Waals surface area contributed by atoms with Gasteiger partial charge in [-0.1, -0.05) is 27.7 Å². The van der Waals surface area contributed by atoms with Crippen molar-refractivity contribution in [3.05, 3.63) is 46.8 Å². The Balaban J connectivity index is 2.28. The first-order valence-electron chi connectivity index (χ1n) is 4.72. The Morgan fingerprint density at radius 2 is 2.19 bits per heavy atom. The summed E-state index contributed by atoms with van der Waals surface area (Å²) in [5.74, 6) is 0. The molecule has 0 unspecified atom stereocenters. The lowest BCUT2D eigenvalue weighted by Crippen LogP contribution is -1.98.